The Morgan fingerprint density at radius 1 is 0.938 bits per heavy atom. The lowest BCUT2D eigenvalue weighted by atomic mass is 9.46. The van der Waals surface area contributed by atoms with E-state index in [1.807, 2.05) is 0 Å². The summed E-state index contributed by atoms with van der Waals surface area (Å²) in [6, 6.07) is 0. The van der Waals surface area contributed by atoms with E-state index in [2.05, 4.69) is 34.6 Å². The topological polar surface area (TPSA) is 17.1 Å². The first kappa shape index (κ1) is 24.3. The third kappa shape index (κ3) is 3.90. The molecule has 0 aromatic heterocycles. The summed E-state index contributed by atoms with van der Waals surface area (Å²) in [5.41, 5.74) is -0.416. The first-order valence-electron chi connectivity index (χ1n) is 13.2. The summed E-state index contributed by atoms with van der Waals surface area (Å²) in [7, 11) is 0. The number of halogens is 3. The fourth-order valence-electron chi connectivity index (χ4n) is 9.07. The number of rotatable bonds is 5. The first-order valence-corrected chi connectivity index (χ1v) is 13.2. The zero-order valence-electron chi connectivity index (χ0n) is 20.8. The summed E-state index contributed by atoms with van der Waals surface area (Å²) >= 11 is 0. The van der Waals surface area contributed by atoms with Crippen molar-refractivity contribution in [3.8, 4) is 0 Å². The van der Waals surface area contributed by atoms with Gasteiger partial charge in [0, 0.05) is 6.42 Å². The van der Waals surface area contributed by atoms with Crippen LogP contribution >= 0.6 is 0 Å². The smallest absolute Gasteiger partial charge is 0.294 e. The number of fused-ring (bicyclic) bond motifs is 5. The van der Waals surface area contributed by atoms with E-state index in [-0.39, 0.29) is 6.42 Å². The highest BCUT2D eigenvalue weighted by Crippen LogP contribution is 2.68. The highest BCUT2D eigenvalue weighted by molar-refractivity contribution is 5.98. The van der Waals surface area contributed by atoms with Crippen molar-refractivity contribution in [1.29, 1.82) is 0 Å². The zero-order chi connectivity index (χ0) is 23.5. The van der Waals surface area contributed by atoms with Gasteiger partial charge >= 0.3 is 6.18 Å². The van der Waals surface area contributed by atoms with E-state index >= 15 is 0 Å². The van der Waals surface area contributed by atoms with Gasteiger partial charge in [-0.1, -0.05) is 53.9 Å². The van der Waals surface area contributed by atoms with E-state index in [1.54, 1.807) is 0 Å². The van der Waals surface area contributed by atoms with Gasteiger partial charge in [0.05, 0.1) is 5.57 Å². The van der Waals surface area contributed by atoms with E-state index in [0.717, 1.165) is 37.0 Å². The number of Topliss-reactive ketones (excluding diaryl/α,β-unsaturated/α-hetero) is 1. The van der Waals surface area contributed by atoms with Crippen molar-refractivity contribution < 1.29 is 18.0 Å². The van der Waals surface area contributed by atoms with Crippen LogP contribution in [0.2, 0.25) is 0 Å². The van der Waals surface area contributed by atoms with Crippen molar-refractivity contribution >= 4 is 5.78 Å². The lowest BCUT2D eigenvalue weighted by molar-refractivity contribution is -0.135. The predicted molar refractivity (Wildman–Crippen MR) is 123 cm³/mol. The Balaban J connectivity index is 1.56. The Bertz CT molecular complexity index is 765. The monoisotopic (exact) mass is 452 g/mol. The van der Waals surface area contributed by atoms with Crippen LogP contribution in [-0.2, 0) is 4.79 Å². The summed E-state index contributed by atoms with van der Waals surface area (Å²) in [6.45, 7) is 11.6. The van der Waals surface area contributed by atoms with E-state index in [0.29, 0.717) is 41.6 Å². The minimum atomic E-state index is -4.51. The van der Waals surface area contributed by atoms with E-state index in [4.69, 9.17) is 0 Å². The summed E-state index contributed by atoms with van der Waals surface area (Å²) < 4.78 is 41.5. The van der Waals surface area contributed by atoms with Crippen molar-refractivity contribution in [2.75, 3.05) is 0 Å². The SMILES string of the molecule is CC(C)CCCC(C)C1CCC2C3CCC4=C(C(F)(F)F)C(=O)CC[C@]4(C)C3CC[C@]12C. The Kier molecular flexibility index (Phi) is 6.42. The number of carbonyl (C=O) groups is 1. The van der Waals surface area contributed by atoms with Crippen LogP contribution in [0.1, 0.15) is 105 Å². The number of allylic oxidation sites excluding steroid dienone is 1. The fourth-order valence-corrected chi connectivity index (χ4v) is 9.07. The molecule has 1 nitrogen and oxygen atoms in total. The molecule has 0 aromatic rings. The van der Waals surface area contributed by atoms with Gasteiger partial charge in [-0.3, -0.25) is 4.79 Å². The van der Waals surface area contributed by atoms with Gasteiger partial charge in [-0.2, -0.15) is 13.2 Å². The molecule has 32 heavy (non-hydrogen) atoms. The molecule has 0 aromatic carbocycles. The molecule has 4 heteroatoms. The molecule has 3 saturated carbocycles. The molecule has 4 aliphatic carbocycles. The molecular weight excluding hydrogens is 409 g/mol. The molecule has 0 heterocycles. The molecule has 4 aliphatic rings. The van der Waals surface area contributed by atoms with Gasteiger partial charge in [0.2, 0.25) is 0 Å². The third-order valence-electron chi connectivity index (χ3n) is 10.6. The second-order valence-corrected chi connectivity index (χ2v) is 12.6. The lowest BCUT2D eigenvalue weighted by Gasteiger charge is -2.59. The van der Waals surface area contributed by atoms with Crippen molar-refractivity contribution in [2.24, 2.45) is 46.3 Å². The molecule has 0 amide bonds. The van der Waals surface area contributed by atoms with Crippen LogP contribution in [-0.4, -0.2) is 12.0 Å². The van der Waals surface area contributed by atoms with E-state index < -0.39 is 22.9 Å². The van der Waals surface area contributed by atoms with Gasteiger partial charge in [0.25, 0.3) is 0 Å². The molecule has 7 atom stereocenters. The summed E-state index contributed by atoms with van der Waals surface area (Å²) in [6.07, 6.45) is 6.12. The minimum absolute atomic E-state index is 0.0650. The molecule has 0 radical (unpaired) electrons. The van der Waals surface area contributed by atoms with E-state index in [9.17, 15) is 18.0 Å². The molecule has 0 aliphatic heterocycles. The Morgan fingerprint density at radius 3 is 2.31 bits per heavy atom. The maximum Gasteiger partial charge on any atom is 0.419 e. The Morgan fingerprint density at radius 2 is 1.66 bits per heavy atom. The maximum absolute atomic E-state index is 13.8. The van der Waals surface area contributed by atoms with Crippen LogP contribution in [0, 0.1) is 46.3 Å². The van der Waals surface area contributed by atoms with Crippen LogP contribution in [0.25, 0.3) is 0 Å². The number of hydrogen-bond donors (Lipinski definition) is 0. The van der Waals surface area contributed by atoms with Crippen molar-refractivity contribution in [1.82, 2.24) is 0 Å². The molecule has 5 unspecified atom stereocenters. The number of carbonyl (C=O) groups excluding carboxylic acids is 1. The van der Waals surface area contributed by atoms with Crippen LogP contribution in [0.5, 0.6) is 0 Å². The molecule has 3 fully saturated rings. The second-order valence-electron chi connectivity index (χ2n) is 12.6. The molecule has 0 saturated heterocycles. The van der Waals surface area contributed by atoms with Gasteiger partial charge < -0.3 is 0 Å². The van der Waals surface area contributed by atoms with Gasteiger partial charge in [0.1, 0.15) is 0 Å². The summed E-state index contributed by atoms with van der Waals surface area (Å²) in [4.78, 5) is 12.3. The first-order chi connectivity index (χ1) is 14.9. The van der Waals surface area contributed by atoms with Gasteiger partial charge in [-0.05, 0) is 96.9 Å². The molecule has 182 valence electrons. The number of ketones is 1. The van der Waals surface area contributed by atoms with Crippen molar-refractivity contribution in [2.45, 2.75) is 111 Å². The van der Waals surface area contributed by atoms with Crippen molar-refractivity contribution in [3.63, 3.8) is 0 Å². The lowest BCUT2D eigenvalue weighted by Crippen LogP contribution is -2.52. The zero-order valence-corrected chi connectivity index (χ0v) is 20.8. The highest BCUT2D eigenvalue weighted by Gasteiger charge is 2.61. The number of alkyl halides is 3. The molecule has 4 rings (SSSR count). The maximum atomic E-state index is 13.8. The average molecular weight is 453 g/mol. The van der Waals surface area contributed by atoms with Crippen LogP contribution in [0.4, 0.5) is 13.2 Å². The van der Waals surface area contributed by atoms with E-state index in [1.165, 1.54) is 32.1 Å². The second kappa shape index (κ2) is 8.45. The number of hydrogen-bond acceptors (Lipinski definition) is 1. The summed E-state index contributed by atoms with van der Waals surface area (Å²) in [5, 5.41) is 0. The van der Waals surface area contributed by atoms with Gasteiger partial charge in [0.15, 0.2) is 5.78 Å². The van der Waals surface area contributed by atoms with Crippen molar-refractivity contribution in [3.05, 3.63) is 11.1 Å². The van der Waals surface area contributed by atoms with Gasteiger partial charge in [-0.25, -0.2) is 0 Å². The summed E-state index contributed by atoms with van der Waals surface area (Å²) in [5.74, 6) is 3.06. The Hall–Kier alpha value is -0.800. The fraction of sp³-hybridized carbons (Fsp3) is 0.893. The minimum Gasteiger partial charge on any atom is -0.294 e. The molecule has 0 N–H and O–H groups in total. The van der Waals surface area contributed by atoms with Crippen LogP contribution < -0.4 is 0 Å². The standard InChI is InChI=1S/C28H43F3O/c1-17(2)7-6-8-18(3)20-11-12-21-19-9-10-23-25(28(29,30)31)24(32)14-16-27(23,5)22(19)13-15-26(20,21)4/h17-22H,6-16H2,1-5H3/t18?,19?,20?,21?,22?,26-,27-/m1/s1. The quantitative estimate of drug-likeness (QED) is 0.408. The van der Waals surface area contributed by atoms with Crippen LogP contribution in [0.15, 0.2) is 11.1 Å². The highest BCUT2D eigenvalue weighted by atomic mass is 19.4. The predicted octanol–water partition coefficient (Wildman–Crippen LogP) is 8.53. The molecule has 0 bridgehead atoms. The largest absolute Gasteiger partial charge is 0.419 e. The van der Waals surface area contributed by atoms with Gasteiger partial charge in [-0.15, -0.1) is 0 Å². The third-order valence-corrected chi connectivity index (χ3v) is 10.6. The Labute approximate surface area is 193 Å². The molecule has 0 spiro atoms. The normalized spacial score (nSPS) is 40.8. The van der Waals surface area contributed by atoms with Crippen LogP contribution in [0.3, 0.4) is 0 Å². The molecular formula is C28H43F3O. The average Bonchev–Trinajstić information content (AvgIpc) is 3.04.